The lowest BCUT2D eigenvalue weighted by Crippen LogP contribution is -2.55. The van der Waals surface area contributed by atoms with Gasteiger partial charge in [-0.25, -0.2) is 29.6 Å². The number of carboxylic acid groups (broad SMARTS) is 1. The van der Waals surface area contributed by atoms with E-state index in [4.69, 9.17) is 21.2 Å². The molecule has 0 aromatic heterocycles. The zero-order chi connectivity index (χ0) is 34.9. The Morgan fingerprint density at radius 3 is 2.20 bits per heavy atom. The number of hydrazine groups is 1. The van der Waals surface area contributed by atoms with Gasteiger partial charge in [0.1, 0.15) is 18.7 Å². The molecular formula is C22H37N8O14P2-. The Kier molecular flexibility index (Phi) is 17.1. The fraction of sp³-hybridized carbons (Fsp3) is 0.500. The fourth-order valence-corrected chi connectivity index (χ4v) is 5.19. The molecule has 22 nitrogen and oxygen atoms in total. The topological polar surface area (TPSA) is 344 Å². The second-order valence-corrected chi connectivity index (χ2v) is 12.4. The highest BCUT2D eigenvalue weighted by atomic mass is 31.3. The Balaban J connectivity index is 2.59. The van der Waals surface area contributed by atoms with Gasteiger partial charge in [-0.05, 0) is 36.5 Å². The molecule has 0 aliphatic carbocycles. The smallest absolute Gasteiger partial charge is 0.502 e. The molecule has 2 unspecified atom stereocenters. The molecule has 0 spiro atoms. The number of carbonyl (C=O) groups excluding carboxylic acids is 5. The summed E-state index contributed by atoms with van der Waals surface area (Å²) >= 11 is 0. The highest BCUT2D eigenvalue weighted by Crippen LogP contribution is 2.59. The number of nitrogens with two attached hydrogens (primary N) is 2. The number of hydrogen-bond acceptors (Lipinski definition) is 14. The molecule has 0 saturated heterocycles. The lowest BCUT2D eigenvalue weighted by molar-refractivity contribution is -0.259. The highest BCUT2D eigenvalue weighted by Gasteiger charge is 2.36. The second-order valence-electron chi connectivity index (χ2n) is 9.40. The molecule has 1 aromatic rings. The van der Waals surface area contributed by atoms with Crippen LogP contribution in [0.15, 0.2) is 24.3 Å². The summed E-state index contributed by atoms with van der Waals surface area (Å²) in [4.78, 5) is 77.1. The van der Waals surface area contributed by atoms with Crippen molar-refractivity contribution >= 4 is 51.4 Å². The number of anilines is 1. The van der Waals surface area contributed by atoms with Crippen LogP contribution in [-0.4, -0.2) is 71.6 Å². The van der Waals surface area contributed by atoms with Crippen molar-refractivity contribution in [1.82, 2.24) is 26.9 Å². The van der Waals surface area contributed by atoms with Gasteiger partial charge in [-0.3, -0.25) is 20.0 Å². The number of hydroxylamine groups is 1. The molecule has 46 heavy (non-hydrogen) atoms. The third-order valence-electron chi connectivity index (χ3n) is 5.40. The standard InChI is InChI=1S/C22H38N8O14P2/c1-13(2)17(29-24)19(32)28-16(4-3-9-25-20(23)33)18(31)27-15-7-5-14(6-8-15)12-41-22(36)26-10-11-42-45(37,38)44-46(39,40)43-30-21(34)35/h5-8,13,16-17,29-30H,3-4,9-12,24H2,1-2H3,(H,26,36)(H,27,31)(H,28,32)(H,34,35)(H,37,38)(H,39,40)(H3,23,25,33)/p-1/t16-,17-/m1/s1. The number of phosphoric ester groups is 1. The zero-order valence-electron chi connectivity index (χ0n) is 24.6. The third-order valence-corrected chi connectivity index (χ3v) is 7.88. The number of ether oxygens (including phenoxy) is 1. The third kappa shape index (κ3) is 17.0. The van der Waals surface area contributed by atoms with Crippen LogP contribution in [-0.2, 0) is 43.5 Å². The monoisotopic (exact) mass is 699 g/mol. The molecule has 260 valence electrons. The Morgan fingerprint density at radius 2 is 1.63 bits per heavy atom. The van der Waals surface area contributed by atoms with E-state index in [9.17, 15) is 43.1 Å². The maximum atomic E-state index is 13.0. The average Bonchev–Trinajstić information content (AvgIpc) is 2.95. The van der Waals surface area contributed by atoms with Gasteiger partial charge >= 0.3 is 27.8 Å². The number of benzene rings is 1. The van der Waals surface area contributed by atoms with Crippen molar-refractivity contribution in [3.63, 3.8) is 0 Å². The van der Waals surface area contributed by atoms with E-state index >= 15 is 0 Å². The molecule has 1 aromatic carbocycles. The van der Waals surface area contributed by atoms with Crippen LogP contribution in [0.2, 0.25) is 0 Å². The van der Waals surface area contributed by atoms with E-state index in [1.807, 2.05) is 0 Å². The number of rotatable bonds is 20. The molecule has 4 atom stereocenters. The van der Waals surface area contributed by atoms with Crippen molar-refractivity contribution in [1.29, 1.82) is 0 Å². The molecule has 24 heteroatoms. The Bertz CT molecular complexity index is 1290. The van der Waals surface area contributed by atoms with Crippen molar-refractivity contribution < 1.29 is 66.2 Å². The van der Waals surface area contributed by atoms with Gasteiger partial charge in [-0.2, -0.15) is 8.94 Å². The van der Waals surface area contributed by atoms with Crippen LogP contribution in [0.4, 0.5) is 20.1 Å². The van der Waals surface area contributed by atoms with Crippen molar-refractivity contribution in [2.45, 2.75) is 45.4 Å². The van der Waals surface area contributed by atoms with Crippen molar-refractivity contribution in [3.05, 3.63) is 29.8 Å². The average molecular weight is 700 g/mol. The Hall–Kier alpha value is -3.85. The fourth-order valence-electron chi connectivity index (χ4n) is 3.31. The van der Waals surface area contributed by atoms with Gasteiger partial charge in [0.25, 0.3) is 0 Å². The van der Waals surface area contributed by atoms with Crippen molar-refractivity contribution in [2.75, 3.05) is 25.0 Å². The van der Waals surface area contributed by atoms with E-state index in [-0.39, 0.29) is 25.5 Å². The first-order valence-electron chi connectivity index (χ1n) is 13.2. The summed E-state index contributed by atoms with van der Waals surface area (Å²) < 4.78 is 39.8. The summed E-state index contributed by atoms with van der Waals surface area (Å²) in [5.74, 6) is 4.26. The predicted octanol–water partition coefficient (Wildman–Crippen LogP) is -1.63. The number of carbonyl (C=O) groups is 5. The minimum absolute atomic E-state index is 0.168. The number of alkyl carbamates (subject to hydrolysis) is 1. The molecule has 6 amide bonds. The number of primary amides is 1. The molecular weight excluding hydrogens is 662 g/mol. The summed E-state index contributed by atoms with van der Waals surface area (Å²) in [5.41, 5.74) is 9.22. The molecule has 0 aliphatic heterocycles. The van der Waals surface area contributed by atoms with Crippen molar-refractivity contribution in [2.24, 2.45) is 17.5 Å². The number of amides is 6. The zero-order valence-corrected chi connectivity index (χ0v) is 26.4. The van der Waals surface area contributed by atoms with E-state index in [0.29, 0.717) is 17.7 Å². The van der Waals surface area contributed by atoms with Gasteiger partial charge in [0.05, 0.1) is 6.61 Å². The van der Waals surface area contributed by atoms with Gasteiger partial charge in [0.2, 0.25) is 11.8 Å². The molecule has 0 fully saturated rings. The second kappa shape index (κ2) is 19.6. The number of hydrogen-bond donors (Lipinski definition) is 10. The maximum absolute atomic E-state index is 13.0. The quantitative estimate of drug-likeness (QED) is 0.0316. The van der Waals surface area contributed by atoms with E-state index in [1.165, 1.54) is 24.3 Å². The van der Waals surface area contributed by atoms with Gasteiger partial charge in [-0.15, -0.1) is 0 Å². The molecule has 0 heterocycles. The van der Waals surface area contributed by atoms with Gasteiger partial charge in [0.15, 0.2) is 6.09 Å². The summed E-state index contributed by atoms with van der Waals surface area (Å²) in [7, 11) is -10.6. The molecule has 0 saturated carbocycles. The Labute approximate surface area is 262 Å². The first-order chi connectivity index (χ1) is 21.4. The largest absolute Gasteiger partial charge is 0.528 e. The minimum Gasteiger partial charge on any atom is -0.528 e. The van der Waals surface area contributed by atoms with E-state index in [2.05, 4.69) is 40.2 Å². The van der Waals surface area contributed by atoms with Crippen LogP contribution in [0.3, 0.4) is 0 Å². The SMILES string of the molecule is CC(C)[C@@H](NN)C(=O)N[C@H](CCCNC(N)=O)C(=O)Nc1ccc(COC(=O)NCCOP(=O)(O)OP(=O)(O)ONC(=O)[O-])cc1. The summed E-state index contributed by atoms with van der Waals surface area (Å²) in [6.07, 6.45) is -2.61. The number of nitrogens with one attached hydrogen (secondary N) is 6. The lowest BCUT2D eigenvalue weighted by Gasteiger charge is -2.24. The Morgan fingerprint density at radius 1 is 0.978 bits per heavy atom. The van der Waals surface area contributed by atoms with Crippen LogP contribution < -0.4 is 48.9 Å². The lowest BCUT2D eigenvalue weighted by atomic mass is 10.0. The summed E-state index contributed by atoms with van der Waals surface area (Å²) in [6, 6.07) is 3.63. The molecule has 0 aliphatic rings. The number of phosphoric acid groups is 2. The molecule has 12 N–H and O–H groups in total. The van der Waals surface area contributed by atoms with Crippen LogP contribution >= 0.6 is 15.6 Å². The van der Waals surface area contributed by atoms with Crippen LogP contribution in [0.5, 0.6) is 0 Å². The van der Waals surface area contributed by atoms with E-state index < -0.39 is 70.9 Å². The van der Waals surface area contributed by atoms with Crippen molar-refractivity contribution in [3.8, 4) is 0 Å². The van der Waals surface area contributed by atoms with Gasteiger partial charge in [-0.1, -0.05) is 26.0 Å². The van der Waals surface area contributed by atoms with Crippen LogP contribution in [0, 0.1) is 5.92 Å². The summed E-state index contributed by atoms with van der Waals surface area (Å²) in [6.45, 7) is 2.38. The molecule has 1 rings (SSSR count). The van der Waals surface area contributed by atoms with Gasteiger partial charge in [0, 0.05) is 18.8 Å². The molecule has 0 bridgehead atoms. The van der Waals surface area contributed by atoms with E-state index in [1.54, 1.807) is 13.8 Å². The highest BCUT2D eigenvalue weighted by molar-refractivity contribution is 7.61. The predicted molar refractivity (Wildman–Crippen MR) is 154 cm³/mol. The number of urea groups is 1. The van der Waals surface area contributed by atoms with Gasteiger partial charge < -0.3 is 51.4 Å². The minimum atomic E-state index is -5.37. The first-order valence-corrected chi connectivity index (χ1v) is 16.2. The first kappa shape index (κ1) is 40.2. The van der Waals surface area contributed by atoms with E-state index in [0.717, 1.165) is 5.48 Å². The normalized spacial score (nSPS) is 14.9. The summed E-state index contributed by atoms with van der Waals surface area (Å²) in [5, 5.41) is 20.0. The van der Waals surface area contributed by atoms with Crippen LogP contribution in [0.25, 0.3) is 0 Å². The maximum Gasteiger partial charge on any atom is 0.502 e. The molecule has 0 radical (unpaired) electrons. The van der Waals surface area contributed by atoms with Crippen LogP contribution in [0.1, 0.15) is 32.3 Å².